The van der Waals surface area contributed by atoms with Gasteiger partial charge in [-0.15, -0.1) is 6.42 Å². The van der Waals surface area contributed by atoms with Crippen LogP contribution in [0.1, 0.15) is 19.8 Å². The number of amides is 1. The molecule has 1 fully saturated rings. The maximum atomic E-state index is 11.7. The Balaban J connectivity index is 2.25. The first-order valence-electron chi connectivity index (χ1n) is 5.56. The lowest BCUT2D eigenvalue weighted by Crippen LogP contribution is -2.37. The van der Waals surface area contributed by atoms with Gasteiger partial charge in [-0.25, -0.2) is 0 Å². The van der Waals surface area contributed by atoms with Gasteiger partial charge in [0, 0.05) is 13.7 Å². The average Bonchev–Trinajstić information content (AvgIpc) is 2.78. The molecule has 4 heteroatoms. The maximum Gasteiger partial charge on any atom is 0.251 e. The molecule has 0 unspecified atom stereocenters. The fourth-order valence-corrected chi connectivity index (χ4v) is 1.62. The number of carbonyl (C=O) groups is 1. The lowest BCUT2D eigenvalue weighted by Gasteiger charge is -2.20. The predicted octanol–water partition coefficient (Wildman–Crippen LogP) is 0.662. The number of hydrogen-bond donors (Lipinski definition) is 0. The van der Waals surface area contributed by atoms with Crippen LogP contribution in [0.2, 0.25) is 0 Å². The van der Waals surface area contributed by atoms with Gasteiger partial charge >= 0.3 is 0 Å². The van der Waals surface area contributed by atoms with Crippen LogP contribution < -0.4 is 0 Å². The standard InChI is InChI=1S/C12H19NO3/c1-4-7-13(3)12(14)10(2)16-9-11-6-5-8-15-11/h1,10-11H,5-9H2,2-3H3/t10-,11-/m0/s1. The van der Waals surface area contributed by atoms with Crippen molar-refractivity contribution in [3.63, 3.8) is 0 Å². The van der Waals surface area contributed by atoms with Crippen molar-refractivity contribution in [3.05, 3.63) is 0 Å². The molecule has 1 amide bonds. The van der Waals surface area contributed by atoms with E-state index in [1.165, 1.54) is 4.90 Å². The van der Waals surface area contributed by atoms with Gasteiger partial charge < -0.3 is 14.4 Å². The summed E-state index contributed by atoms with van der Waals surface area (Å²) in [5.74, 6) is 2.34. The Morgan fingerprint density at radius 1 is 1.75 bits per heavy atom. The van der Waals surface area contributed by atoms with Crippen LogP contribution >= 0.6 is 0 Å². The summed E-state index contributed by atoms with van der Waals surface area (Å²) < 4.78 is 10.9. The molecule has 0 aromatic carbocycles. The number of hydrogen-bond acceptors (Lipinski definition) is 3. The topological polar surface area (TPSA) is 38.8 Å². The summed E-state index contributed by atoms with van der Waals surface area (Å²) in [7, 11) is 1.67. The van der Waals surface area contributed by atoms with Gasteiger partial charge in [0.25, 0.3) is 5.91 Å². The zero-order valence-electron chi connectivity index (χ0n) is 9.94. The van der Waals surface area contributed by atoms with Gasteiger partial charge in [0.15, 0.2) is 0 Å². The first kappa shape index (κ1) is 13.0. The van der Waals surface area contributed by atoms with E-state index in [0.29, 0.717) is 13.2 Å². The van der Waals surface area contributed by atoms with Gasteiger partial charge in [-0.1, -0.05) is 5.92 Å². The number of rotatable bonds is 5. The van der Waals surface area contributed by atoms with E-state index in [4.69, 9.17) is 15.9 Å². The van der Waals surface area contributed by atoms with Gasteiger partial charge in [-0.05, 0) is 19.8 Å². The average molecular weight is 225 g/mol. The van der Waals surface area contributed by atoms with E-state index in [0.717, 1.165) is 19.4 Å². The first-order chi connectivity index (χ1) is 7.65. The number of carbonyl (C=O) groups excluding carboxylic acids is 1. The molecular formula is C12H19NO3. The molecule has 90 valence electrons. The third kappa shape index (κ3) is 3.84. The molecule has 0 saturated carbocycles. The van der Waals surface area contributed by atoms with Crippen molar-refractivity contribution in [2.75, 3.05) is 26.8 Å². The number of likely N-dealkylation sites (N-methyl/N-ethyl adjacent to an activating group) is 1. The third-order valence-corrected chi connectivity index (χ3v) is 2.61. The van der Waals surface area contributed by atoms with E-state index in [-0.39, 0.29) is 12.0 Å². The summed E-state index contributed by atoms with van der Waals surface area (Å²) >= 11 is 0. The summed E-state index contributed by atoms with van der Waals surface area (Å²) in [6.45, 7) is 3.33. The molecule has 0 aliphatic carbocycles. The van der Waals surface area contributed by atoms with Crippen molar-refractivity contribution in [2.24, 2.45) is 0 Å². The largest absolute Gasteiger partial charge is 0.376 e. The normalized spacial score (nSPS) is 21.4. The molecule has 0 radical (unpaired) electrons. The minimum absolute atomic E-state index is 0.0871. The van der Waals surface area contributed by atoms with Crippen LogP contribution in [0.3, 0.4) is 0 Å². The molecule has 2 atom stereocenters. The summed E-state index contributed by atoms with van der Waals surface area (Å²) in [4.78, 5) is 13.2. The van der Waals surface area contributed by atoms with Crippen LogP contribution in [0.5, 0.6) is 0 Å². The second-order valence-corrected chi connectivity index (χ2v) is 4.01. The van der Waals surface area contributed by atoms with Gasteiger partial charge in [-0.2, -0.15) is 0 Å². The Labute approximate surface area is 96.9 Å². The SMILES string of the molecule is C#CCN(C)C(=O)[C@H](C)OC[C@@H]1CCCO1. The van der Waals surface area contributed by atoms with E-state index in [1.807, 2.05) is 0 Å². The van der Waals surface area contributed by atoms with Gasteiger partial charge in [0.2, 0.25) is 0 Å². The van der Waals surface area contributed by atoms with Crippen LogP contribution in [-0.4, -0.2) is 49.8 Å². The van der Waals surface area contributed by atoms with E-state index in [9.17, 15) is 4.79 Å². The van der Waals surface area contributed by atoms with Crippen molar-refractivity contribution in [2.45, 2.75) is 32.0 Å². The fourth-order valence-electron chi connectivity index (χ4n) is 1.62. The Morgan fingerprint density at radius 3 is 3.06 bits per heavy atom. The molecule has 0 aromatic heterocycles. The Bertz CT molecular complexity index is 266. The fraction of sp³-hybridized carbons (Fsp3) is 0.750. The van der Waals surface area contributed by atoms with Crippen molar-refractivity contribution in [1.29, 1.82) is 0 Å². The highest BCUT2D eigenvalue weighted by molar-refractivity contribution is 5.80. The molecule has 1 heterocycles. The van der Waals surface area contributed by atoms with E-state index >= 15 is 0 Å². The minimum atomic E-state index is -0.456. The van der Waals surface area contributed by atoms with E-state index < -0.39 is 6.10 Å². The molecule has 0 N–H and O–H groups in total. The first-order valence-corrected chi connectivity index (χ1v) is 5.56. The molecule has 1 rings (SSSR count). The molecule has 16 heavy (non-hydrogen) atoms. The van der Waals surface area contributed by atoms with Crippen LogP contribution in [0, 0.1) is 12.3 Å². The highest BCUT2D eigenvalue weighted by Gasteiger charge is 2.21. The molecule has 4 nitrogen and oxygen atoms in total. The number of ether oxygens (including phenoxy) is 2. The smallest absolute Gasteiger partial charge is 0.251 e. The molecule has 0 spiro atoms. The monoisotopic (exact) mass is 225 g/mol. The molecule has 1 aliphatic heterocycles. The van der Waals surface area contributed by atoms with Crippen LogP contribution in [0.15, 0.2) is 0 Å². The Kier molecular flexibility index (Phi) is 5.30. The quantitative estimate of drug-likeness (QED) is 0.645. The summed E-state index contributed by atoms with van der Waals surface area (Å²) in [5, 5.41) is 0. The maximum absolute atomic E-state index is 11.7. The molecule has 1 saturated heterocycles. The number of terminal acetylenes is 1. The van der Waals surface area contributed by atoms with Crippen LogP contribution in [0.25, 0.3) is 0 Å². The third-order valence-electron chi connectivity index (χ3n) is 2.61. The zero-order chi connectivity index (χ0) is 12.0. The Hall–Kier alpha value is -1.05. The molecule has 0 aromatic rings. The second kappa shape index (κ2) is 6.51. The van der Waals surface area contributed by atoms with E-state index in [2.05, 4.69) is 5.92 Å². The van der Waals surface area contributed by atoms with Crippen molar-refractivity contribution in [1.82, 2.24) is 4.90 Å². The molecule has 1 aliphatic rings. The number of nitrogens with zero attached hydrogens (tertiary/aromatic N) is 1. The molecular weight excluding hydrogens is 206 g/mol. The summed E-state index contributed by atoms with van der Waals surface area (Å²) in [6.07, 6.45) is 6.92. The summed E-state index contributed by atoms with van der Waals surface area (Å²) in [5.41, 5.74) is 0. The molecule has 0 bridgehead atoms. The van der Waals surface area contributed by atoms with Crippen molar-refractivity contribution >= 4 is 5.91 Å². The predicted molar refractivity (Wildman–Crippen MR) is 60.9 cm³/mol. The summed E-state index contributed by atoms with van der Waals surface area (Å²) in [6, 6.07) is 0. The Morgan fingerprint density at radius 2 is 2.50 bits per heavy atom. The van der Waals surface area contributed by atoms with Gasteiger partial charge in [-0.3, -0.25) is 4.79 Å². The van der Waals surface area contributed by atoms with Crippen molar-refractivity contribution < 1.29 is 14.3 Å². The van der Waals surface area contributed by atoms with Crippen LogP contribution in [-0.2, 0) is 14.3 Å². The second-order valence-electron chi connectivity index (χ2n) is 4.01. The minimum Gasteiger partial charge on any atom is -0.376 e. The van der Waals surface area contributed by atoms with Crippen LogP contribution in [0.4, 0.5) is 0 Å². The van der Waals surface area contributed by atoms with Gasteiger partial charge in [0.05, 0.1) is 19.3 Å². The van der Waals surface area contributed by atoms with Crippen molar-refractivity contribution in [3.8, 4) is 12.3 Å². The van der Waals surface area contributed by atoms with E-state index in [1.54, 1.807) is 14.0 Å². The highest BCUT2D eigenvalue weighted by Crippen LogP contribution is 2.13. The van der Waals surface area contributed by atoms with Gasteiger partial charge in [0.1, 0.15) is 6.10 Å². The highest BCUT2D eigenvalue weighted by atomic mass is 16.5. The lowest BCUT2D eigenvalue weighted by molar-refractivity contribution is -0.142. The lowest BCUT2D eigenvalue weighted by atomic mass is 10.2. The zero-order valence-corrected chi connectivity index (χ0v) is 9.94.